The van der Waals surface area contributed by atoms with E-state index >= 15 is 4.39 Å². The van der Waals surface area contributed by atoms with E-state index in [1.54, 1.807) is 51.1 Å². The number of halogens is 1. The maximum atomic E-state index is 16.1. The van der Waals surface area contributed by atoms with Gasteiger partial charge in [-0.2, -0.15) is 9.97 Å². The van der Waals surface area contributed by atoms with Gasteiger partial charge in [0.05, 0.1) is 32.8 Å². The number of carbonyl (C=O) groups is 2. The monoisotopic (exact) mass is 668 g/mol. The van der Waals surface area contributed by atoms with Crippen LogP contribution in [0.3, 0.4) is 0 Å². The average molecular weight is 669 g/mol. The summed E-state index contributed by atoms with van der Waals surface area (Å²) in [4.78, 5) is 37.4. The number of nitrogens with two attached hydrogens (primary N) is 1. The summed E-state index contributed by atoms with van der Waals surface area (Å²) in [7, 11) is -3.23. The first-order valence-electron chi connectivity index (χ1n) is 14.4. The van der Waals surface area contributed by atoms with E-state index in [-0.39, 0.29) is 36.0 Å². The number of rotatable bonds is 15. The zero-order valence-electron chi connectivity index (χ0n) is 26.0. The molecule has 0 bridgehead atoms. The van der Waals surface area contributed by atoms with Crippen LogP contribution in [0, 0.1) is 0 Å². The van der Waals surface area contributed by atoms with Crippen molar-refractivity contribution in [2.45, 2.75) is 70.4 Å². The first-order chi connectivity index (χ1) is 21.8. The summed E-state index contributed by atoms with van der Waals surface area (Å²) in [6.07, 6.45) is -4.01. The van der Waals surface area contributed by atoms with E-state index in [2.05, 4.69) is 20.0 Å². The number of methoxy groups -OCH3 is 1. The number of nitrogens with one attached hydrogen (secondary N) is 1. The van der Waals surface area contributed by atoms with Crippen LogP contribution in [0.2, 0.25) is 0 Å². The zero-order chi connectivity index (χ0) is 33.6. The van der Waals surface area contributed by atoms with Crippen LogP contribution in [0.1, 0.15) is 39.5 Å². The molecule has 4 N–H and O–H groups in total. The van der Waals surface area contributed by atoms with Gasteiger partial charge in [0.15, 0.2) is 29.7 Å². The van der Waals surface area contributed by atoms with Crippen LogP contribution < -0.4 is 15.6 Å². The fraction of sp³-hybridized carbons (Fsp3) is 0.536. The largest absolute Gasteiger partial charge is 0.479 e. The lowest BCUT2D eigenvalue weighted by atomic mass is 9.98. The quantitative estimate of drug-likeness (QED) is 0.157. The molecule has 2 aromatic heterocycles. The smallest absolute Gasteiger partial charge is 0.406 e. The van der Waals surface area contributed by atoms with Crippen LogP contribution in [-0.4, -0.2) is 93.5 Å². The number of hydrogen-bond acceptors (Lipinski definition) is 14. The van der Waals surface area contributed by atoms with Crippen molar-refractivity contribution in [2.75, 3.05) is 32.7 Å². The third-order valence-corrected chi connectivity index (χ3v) is 8.46. The van der Waals surface area contributed by atoms with Gasteiger partial charge >= 0.3 is 19.7 Å². The summed E-state index contributed by atoms with van der Waals surface area (Å²) >= 11 is 0. The van der Waals surface area contributed by atoms with Crippen LogP contribution >= 0.6 is 7.75 Å². The lowest BCUT2D eigenvalue weighted by Crippen LogP contribution is -2.42. The highest BCUT2D eigenvalue weighted by atomic mass is 31.2. The molecule has 0 aliphatic carbocycles. The Morgan fingerprint density at radius 3 is 2.61 bits per heavy atom. The van der Waals surface area contributed by atoms with Gasteiger partial charge in [0.2, 0.25) is 11.8 Å². The third kappa shape index (κ3) is 8.15. The van der Waals surface area contributed by atoms with E-state index in [1.165, 1.54) is 18.0 Å². The molecule has 0 saturated carbocycles. The molecule has 3 aromatic rings. The van der Waals surface area contributed by atoms with Crippen molar-refractivity contribution in [1.29, 1.82) is 0 Å². The number of carbonyl (C=O) groups excluding carboxylic acids is 2. The molecule has 0 radical (unpaired) electrons. The predicted octanol–water partition coefficient (Wildman–Crippen LogP) is 2.26. The highest BCUT2D eigenvalue weighted by molar-refractivity contribution is 7.51. The molecule has 1 fully saturated rings. The number of nitrogens with zero attached hydrogens (tertiary/aromatic N) is 4. The van der Waals surface area contributed by atoms with Crippen LogP contribution in [0.15, 0.2) is 36.7 Å². The molecular formula is C28H38FN6O10P. The van der Waals surface area contributed by atoms with Crippen molar-refractivity contribution in [1.82, 2.24) is 24.6 Å². The van der Waals surface area contributed by atoms with Gasteiger partial charge in [-0.3, -0.25) is 18.4 Å². The second-order valence-corrected chi connectivity index (χ2v) is 12.5. The second-order valence-electron chi connectivity index (χ2n) is 10.8. The molecule has 18 heteroatoms. The van der Waals surface area contributed by atoms with Crippen LogP contribution in [0.25, 0.3) is 11.2 Å². The van der Waals surface area contributed by atoms with E-state index < -0.39 is 69.1 Å². The van der Waals surface area contributed by atoms with Gasteiger partial charge in [0.25, 0.3) is 0 Å². The van der Waals surface area contributed by atoms with E-state index in [0.29, 0.717) is 5.56 Å². The lowest BCUT2D eigenvalue weighted by molar-refractivity contribution is -0.149. The molecule has 252 valence electrons. The topological polar surface area (TPSA) is 208 Å². The van der Waals surface area contributed by atoms with E-state index in [9.17, 15) is 19.3 Å². The number of imidazole rings is 1. The van der Waals surface area contributed by atoms with Gasteiger partial charge < -0.3 is 29.8 Å². The predicted molar refractivity (Wildman–Crippen MR) is 160 cm³/mol. The molecule has 0 amide bonds. The van der Waals surface area contributed by atoms with Crippen LogP contribution in [0.4, 0.5) is 10.3 Å². The van der Waals surface area contributed by atoms with Gasteiger partial charge in [0, 0.05) is 0 Å². The van der Waals surface area contributed by atoms with Crippen molar-refractivity contribution in [3.63, 3.8) is 0 Å². The summed E-state index contributed by atoms with van der Waals surface area (Å²) in [6.45, 7) is 4.49. The minimum Gasteiger partial charge on any atom is -0.479 e. The number of alkyl halides is 1. The highest BCUT2D eigenvalue weighted by Crippen LogP contribution is 2.48. The Kier molecular flexibility index (Phi) is 11.3. The molecule has 4 rings (SSSR count). The number of benzene rings is 1. The summed E-state index contributed by atoms with van der Waals surface area (Å²) in [5.41, 5.74) is 4.27. The molecular weight excluding hydrogens is 630 g/mol. The SMILES string of the molecule is CCOC(=O)COP(=O)(N[C@@H](Cc1ccccc1)C(=O)OC(C)C)OC[C@H]1O[C@@H](n2cnc3c(OC)nc(N)nc32)[C@@](C)(F)C1O. The first-order valence-corrected chi connectivity index (χ1v) is 16.0. The van der Waals surface area contributed by atoms with Gasteiger partial charge in [0.1, 0.15) is 18.2 Å². The van der Waals surface area contributed by atoms with Gasteiger partial charge in [-0.1, -0.05) is 30.3 Å². The number of esters is 2. The molecule has 6 atom stereocenters. The number of anilines is 1. The average Bonchev–Trinajstić information content (AvgIpc) is 3.51. The Hall–Kier alpha value is -3.73. The maximum Gasteiger partial charge on any atom is 0.406 e. The highest BCUT2D eigenvalue weighted by Gasteiger charge is 2.56. The van der Waals surface area contributed by atoms with Gasteiger partial charge in [-0.15, -0.1) is 0 Å². The molecule has 16 nitrogen and oxygen atoms in total. The van der Waals surface area contributed by atoms with Crippen molar-refractivity contribution in [3.8, 4) is 5.88 Å². The molecule has 1 saturated heterocycles. The number of aromatic nitrogens is 4. The first kappa shape index (κ1) is 35.1. The lowest BCUT2D eigenvalue weighted by Gasteiger charge is -2.26. The number of ether oxygens (including phenoxy) is 4. The normalized spacial score (nSPS) is 23.3. The number of nitrogen functional groups attached to an aromatic ring is 1. The summed E-state index contributed by atoms with van der Waals surface area (Å²) < 4.78 is 63.6. The second kappa shape index (κ2) is 14.8. The maximum absolute atomic E-state index is 16.1. The Balaban J connectivity index is 1.58. The number of fused-ring (bicyclic) bond motifs is 1. The van der Waals surface area contributed by atoms with E-state index in [1.807, 2.05) is 0 Å². The van der Waals surface area contributed by atoms with Crippen LogP contribution in [0.5, 0.6) is 5.88 Å². The van der Waals surface area contributed by atoms with Crippen molar-refractivity contribution >= 4 is 36.8 Å². The summed E-state index contributed by atoms with van der Waals surface area (Å²) in [6, 6.07) is 7.55. The standard InChI is InChI=1S/C28H38FN6O10P/c1-6-41-20(36)14-43-46(39,34-18(25(38)44-16(2)3)12-17-10-8-7-9-11-17)42-13-19-22(37)28(4,29)26(45-19)35-15-31-21-23(35)32-27(30)33-24(21)40-5/h7-11,15-16,18-19,22,26,37H,6,12-14H2,1-5H3,(H,34,39)(H2,30,32,33)/t18-,19+,22?,26+,28-,46?/m0/s1. The van der Waals surface area contributed by atoms with E-state index in [0.717, 1.165) is 6.92 Å². The molecule has 46 heavy (non-hydrogen) atoms. The summed E-state index contributed by atoms with van der Waals surface area (Å²) in [5, 5.41) is 13.5. The third-order valence-electron chi connectivity index (χ3n) is 6.87. The fourth-order valence-electron chi connectivity index (χ4n) is 4.73. The molecule has 0 spiro atoms. The van der Waals surface area contributed by atoms with E-state index in [4.69, 9.17) is 33.7 Å². The summed E-state index contributed by atoms with van der Waals surface area (Å²) in [5.74, 6) is -1.74. The van der Waals surface area contributed by atoms with Crippen LogP contribution in [-0.2, 0) is 43.8 Å². The van der Waals surface area contributed by atoms with Crippen molar-refractivity contribution in [2.24, 2.45) is 0 Å². The van der Waals surface area contributed by atoms with Crippen molar-refractivity contribution < 1.29 is 51.6 Å². The van der Waals surface area contributed by atoms with Gasteiger partial charge in [-0.05, 0) is 39.7 Å². The molecule has 2 unspecified atom stereocenters. The molecule has 1 aliphatic heterocycles. The number of hydrogen-bond donors (Lipinski definition) is 3. The Labute approximate surface area is 264 Å². The Bertz CT molecular complexity index is 1560. The zero-order valence-corrected chi connectivity index (χ0v) is 26.9. The molecule has 1 aromatic carbocycles. The number of aliphatic hydroxyl groups excluding tert-OH is 1. The Morgan fingerprint density at radius 2 is 1.96 bits per heavy atom. The fourth-order valence-corrected chi connectivity index (χ4v) is 6.15. The number of aliphatic hydroxyl groups is 1. The molecule has 1 aliphatic rings. The minimum absolute atomic E-state index is 0.0117. The van der Waals surface area contributed by atoms with Crippen molar-refractivity contribution in [3.05, 3.63) is 42.2 Å². The Morgan fingerprint density at radius 1 is 1.24 bits per heavy atom. The molecule has 3 heterocycles. The van der Waals surface area contributed by atoms with Gasteiger partial charge in [-0.25, -0.2) is 23.8 Å². The minimum atomic E-state index is -4.58.